The van der Waals surface area contributed by atoms with Crippen molar-refractivity contribution >= 4 is 23.0 Å². The molecule has 0 saturated carbocycles. The van der Waals surface area contributed by atoms with Crippen LogP contribution >= 0.6 is 11.3 Å². The van der Waals surface area contributed by atoms with Crippen LogP contribution in [0.4, 0.5) is 0 Å². The zero-order valence-electron chi connectivity index (χ0n) is 15.7. The zero-order chi connectivity index (χ0) is 19.1. The second-order valence-corrected chi connectivity index (χ2v) is 7.95. The molecule has 1 atom stereocenters. The SMILES string of the molecule is Cc1ccc([C@@H](C[NH+]2CCOCC2)NC(=O)CCC(=O)c2cccs2)cc1. The quantitative estimate of drug-likeness (QED) is 0.679. The Morgan fingerprint density at radius 1 is 1.15 bits per heavy atom. The normalized spacial score (nSPS) is 16.0. The number of aryl methyl sites for hydroxylation is 1. The van der Waals surface area contributed by atoms with Crippen LogP contribution in [0.5, 0.6) is 0 Å². The Balaban J connectivity index is 1.60. The largest absolute Gasteiger partial charge is 0.370 e. The summed E-state index contributed by atoms with van der Waals surface area (Å²) in [5.41, 5.74) is 2.31. The summed E-state index contributed by atoms with van der Waals surface area (Å²) in [4.78, 5) is 26.8. The van der Waals surface area contributed by atoms with Crippen molar-refractivity contribution < 1.29 is 19.2 Å². The van der Waals surface area contributed by atoms with Crippen LogP contribution in [0.1, 0.15) is 39.7 Å². The van der Waals surface area contributed by atoms with Crippen LogP contribution in [0.15, 0.2) is 41.8 Å². The molecule has 144 valence electrons. The van der Waals surface area contributed by atoms with E-state index in [4.69, 9.17) is 4.74 Å². The number of quaternary nitrogens is 1. The Bertz CT molecular complexity index is 737. The first-order valence-electron chi connectivity index (χ1n) is 9.46. The molecule has 27 heavy (non-hydrogen) atoms. The smallest absolute Gasteiger partial charge is 0.221 e. The first kappa shape index (κ1) is 19.7. The van der Waals surface area contributed by atoms with Crippen LogP contribution in [0.25, 0.3) is 0 Å². The fourth-order valence-corrected chi connectivity index (χ4v) is 3.95. The summed E-state index contributed by atoms with van der Waals surface area (Å²) in [6.07, 6.45) is 0.467. The van der Waals surface area contributed by atoms with E-state index in [-0.39, 0.29) is 30.6 Å². The number of morpholine rings is 1. The minimum Gasteiger partial charge on any atom is -0.370 e. The third-order valence-corrected chi connectivity index (χ3v) is 5.79. The van der Waals surface area contributed by atoms with Gasteiger partial charge in [-0.3, -0.25) is 9.59 Å². The molecule has 5 nitrogen and oxygen atoms in total. The van der Waals surface area contributed by atoms with E-state index < -0.39 is 0 Å². The lowest BCUT2D eigenvalue weighted by Crippen LogP contribution is -3.14. The van der Waals surface area contributed by atoms with Gasteiger partial charge in [-0.2, -0.15) is 0 Å². The predicted octanol–water partition coefficient (Wildman–Crippen LogP) is 1.79. The van der Waals surface area contributed by atoms with Gasteiger partial charge in [-0.1, -0.05) is 35.9 Å². The number of thiophene rings is 1. The lowest BCUT2D eigenvalue weighted by molar-refractivity contribution is -0.909. The third-order valence-electron chi connectivity index (χ3n) is 4.88. The van der Waals surface area contributed by atoms with Crippen molar-refractivity contribution in [2.24, 2.45) is 0 Å². The van der Waals surface area contributed by atoms with E-state index in [9.17, 15) is 9.59 Å². The van der Waals surface area contributed by atoms with Gasteiger partial charge in [0.1, 0.15) is 25.7 Å². The van der Waals surface area contributed by atoms with Crippen LogP contribution in [-0.4, -0.2) is 44.5 Å². The highest BCUT2D eigenvalue weighted by molar-refractivity contribution is 7.12. The number of ether oxygens (including phenoxy) is 1. The molecule has 0 radical (unpaired) electrons. The van der Waals surface area contributed by atoms with Crippen molar-refractivity contribution in [1.29, 1.82) is 0 Å². The first-order valence-corrected chi connectivity index (χ1v) is 10.3. The molecule has 1 fully saturated rings. The Hall–Kier alpha value is -2.02. The minimum absolute atomic E-state index is 0.0332. The summed E-state index contributed by atoms with van der Waals surface area (Å²) >= 11 is 1.42. The van der Waals surface area contributed by atoms with E-state index in [1.54, 1.807) is 0 Å². The van der Waals surface area contributed by atoms with Crippen LogP contribution in [0, 0.1) is 6.92 Å². The summed E-state index contributed by atoms with van der Waals surface area (Å²) in [6.45, 7) is 6.32. The summed E-state index contributed by atoms with van der Waals surface area (Å²) in [6, 6.07) is 11.9. The number of rotatable bonds is 8. The molecular formula is C21H27N2O3S+. The average Bonchev–Trinajstić information content (AvgIpc) is 3.22. The molecule has 0 unspecified atom stereocenters. The summed E-state index contributed by atoms with van der Waals surface area (Å²) < 4.78 is 5.44. The van der Waals surface area contributed by atoms with Crippen molar-refractivity contribution in [1.82, 2.24) is 5.32 Å². The van der Waals surface area contributed by atoms with Crippen LogP contribution in [0.2, 0.25) is 0 Å². The maximum atomic E-state index is 12.5. The van der Waals surface area contributed by atoms with Gasteiger partial charge in [0.05, 0.1) is 18.1 Å². The molecule has 1 aromatic carbocycles. The highest BCUT2D eigenvalue weighted by Crippen LogP contribution is 2.15. The summed E-state index contributed by atoms with van der Waals surface area (Å²) in [5.74, 6) is -0.0380. The number of benzene rings is 1. The van der Waals surface area contributed by atoms with Gasteiger partial charge in [0.15, 0.2) is 5.78 Å². The second-order valence-electron chi connectivity index (χ2n) is 7.00. The van der Waals surface area contributed by atoms with Crippen molar-refractivity contribution in [3.8, 4) is 0 Å². The summed E-state index contributed by atoms with van der Waals surface area (Å²) in [7, 11) is 0. The molecule has 1 aliphatic rings. The monoisotopic (exact) mass is 387 g/mol. The molecule has 0 spiro atoms. The number of Topliss-reactive ketones (excluding diaryl/α,β-unsaturated/α-hetero) is 1. The lowest BCUT2D eigenvalue weighted by Gasteiger charge is -2.28. The van der Waals surface area contributed by atoms with Crippen molar-refractivity contribution in [3.63, 3.8) is 0 Å². The maximum absolute atomic E-state index is 12.5. The van der Waals surface area contributed by atoms with Crippen molar-refractivity contribution in [2.45, 2.75) is 25.8 Å². The highest BCUT2D eigenvalue weighted by atomic mass is 32.1. The predicted molar refractivity (Wildman–Crippen MR) is 106 cm³/mol. The van der Waals surface area contributed by atoms with Gasteiger partial charge in [0.2, 0.25) is 5.91 Å². The standard InChI is InChI=1S/C21H26N2O3S/c1-16-4-6-17(7-5-16)18(15-23-10-12-26-13-11-23)22-21(25)9-8-19(24)20-3-2-14-27-20/h2-7,14,18H,8-13,15H2,1H3,(H,22,25)/p+1/t18-/m1/s1. The van der Waals surface area contributed by atoms with Crippen LogP contribution in [0.3, 0.4) is 0 Å². The van der Waals surface area contributed by atoms with Crippen LogP contribution < -0.4 is 10.2 Å². The van der Waals surface area contributed by atoms with Gasteiger partial charge in [-0.25, -0.2) is 0 Å². The molecular weight excluding hydrogens is 360 g/mol. The minimum atomic E-state index is -0.0712. The van der Waals surface area contributed by atoms with Crippen molar-refractivity contribution in [3.05, 3.63) is 57.8 Å². The molecule has 6 heteroatoms. The van der Waals surface area contributed by atoms with Gasteiger partial charge in [-0.15, -0.1) is 11.3 Å². The number of amides is 1. The molecule has 2 N–H and O–H groups in total. The van der Waals surface area contributed by atoms with Gasteiger partial charge < -0.3 is 15.0 Å². The van der Waals surface area contributed by atoms with E-state index in [1.165, 1.54) is 21.8 Å². The molecule has 0 bridgehead atoms. The topological polar surface area (TPSA) is 59.8 Å². The number of hydrogen-bond donors (Lipinski definition) is 2. The number of hydrogen-bond acceptors (Lipinski definition) is 4. The van der Waals surface area contributed by atoms with Crippen molar-refractivity contribution in [2.75, 3.05) is 32.8 Å². The van der Waals surface area contributed by atoms with E-state index in [0.717, 1.165) is 43.3 Å². The Morgan fingerprint density at radius 3 is 2.56 bits per heavy atom. The highest BCUT2D eigenvalue weighted by Gasteiger charge is 2.23. The fourth-order valence-electron chi connectivity index (χ4n) is 3.26. The molecule has 1 amide bonds. The van der Waals surface area contributed by atoms with Gasteiger partial charge in [0.25, 0.3) is 0 Å². The van der Waals surface area contributed by atoms with E-state index in [0.29, 0.717) is 0 Å². The molecule has 3 rings (SSSR count). The number of carbonyl (C=O) groups is 2. The first-order chi connectivity index (χ1) is 13.1. The van der Waals surface area contributed by atoms with Crippen LogP contribution in [-0.2, 0) is 9.53 Å². The number of nitrogens with one attached hydrogen (secondary N) is 2. The van der Waals surface area contributed by atoms with E-state index >= 15 is 0 Å². The Kier molecular flexibility index (Phi) is 7.15. The average molecular weight is 388 g/mol. The molecule has 0 aliphatic carbocycles. The fraction of sp³-hybridized carbons (Fsp3) is 0.429. The van der Waals surface area contributed by atoms with E-state index in [2.05, 4.69) is 36.5 Å². The number of ketones is 1. The molecule has 1 aliphatic heterocycles. The molecule has 1 aromatic heterocycles. The molecule has 2 aromatic rings. The second kappa shape index (κ2) is 9.78. The number of carbonyl (C=O) groups excluding carboxylic acids is 2. The Labute approximate surface area is 164 Å². The van der Waals surface area contributed by atoms with E-state index in [1.807, 2.05) is 17.5 Å². The van der Waals surface area contributed by atoms with Gasteiger partial charge in [-0.05, 0) is 23.9 Å². The van der Waals surface area contributed by atoms with Gasteiger partial charge in [0, 0.05) is 12.8 Å². The lowest BCUT2D eigenvalue weighted by atomic mass is 10.0. The molecule has 1 saturated heterocycles. The third kappa shape index (κ3) is 5.99. The summed E-state index contributed by atoms with van der Waals surface area (Å²) in [5, 5.41) is 5.03. The maximum Gasteiger partial charge on any atom is 0.221 e. The molecule has 2 heterocycles. The van der Waals surface area contributed by atoms with Gasteiger partial charge >= 0.3 is 0 Å². The Morgan fingerprint density at radius 2 is 1.89 bits per heavy atom. The zero-order valence-corrected chi connectivity index (χ0v) is 16.5.